The van der Waals surface area contributed by atoms with Crippen LogP contribution in [0, 0.1) is 0 Å². The summed E-state index contributed by atoms with van der Waals surface area (Å²) in [6, 6.07) is 0. The maximum atomic E-state index is 5.67. The van der Waals surface area contributed by atoms with Crippen molar-refractivity contribution in [1.29, 1.82) is 0 Å². The maximum Gasteiger partial charge on any atom is 0.304 e. The first kappa shape index (κ1) is 58.7. The minimum Gasteiger partial charge on any atom is -0.396 e. The Balaban J connectivity index is 3.06. The lowest BCUT2D eigenvalue weighted by Crippen LogP contribution is -2.16. The summed E-state index contributed by atoms with van der Waals surface area (Å²) in [4.78, 5) is 0. The van der Waals surface area contributed by atoms with Crippen LogP contribution >= 0.6 is 0 Å². The summed E-state index contributed by atoms with van der Waals surface area (Å²) in [7, 11) is -1.03. The lowest BCUT2D eigenvalue weighted by Gasteiger charge is -2.09. The molecule has 0 aromatic carbocycles. The van der Waals surface area contributed by atoms with Gasteiger partial charge in [-0.2, -0.15) is 0 Å². The predicted octanol–water partition coefficient (Wildman–Crippen LogP) is 8.81. The van der Waals surface area contributed by atoms with Gasteiger partial charge in [0.15, 0.2) is 0 Å². The zero-order valence-electron chi connectivity index (χ0n) is 38.7. The van der Waals surface area contributed by atoms with E-state index < -0.39 is 10.0 Å². The molecule has 0 aliphatic carbocycles. The van der Waals surface area contributed by atoms with Gasteiger partial charge in [0.25, 0.3) is 0 Å². The van der Waals surface area contributed by atoms with Gasteiger partial charge in [-0.05, 0) is 12.8 Å². The first-order chi connectivity index (χ1) is 29.4. The highest BCUT2D eigenvalue weighted by atomic mass is 28.3. The summed E-state index contributed by atoms with van der Waals surface area (Å²) in [6.07, 6.45) is 29.8. The van der Waals surface area contributed by atoms with E-state index in [1.807, 2.05) is 0 Å². The Labute approximate surface area is 365 Å². The molecule has 0 aliphatic rings. The van der Waals surface area contributed by atoms with Crippen molar-refractivity contribution in [2.45, 2.75) is 155 Å². The number of ether oxygens (including phenoxy) is 10. The van der Waals surface area contributed by atoms with Crippen LogP contribution in [0.25, 0.3) is 0 Å². The first-order valence-electron chi connectivity index (χ1n) is 24.3. The van der Waals surface area contributed by atoms with Gasteiger partial charge in [-0.15, -0.1) is 0 Å². The summed E-state index contributed by atoms with van der Waals surface area (Å²) in [5, 5.41) is 0. The molecule has 0 bridgehead atoms. The highest BCUT2D eigenvalue weighted by Gasteiger charge is 1.99. The van der Waals surface area contributed by atoms with Crippen LogP contribution in [-0.2, 0) is 56.2 Å². The molecule has 0 saturated carbocycles. The van der Waals surface area contributed by atoms with Crippen LogP contribution in [0.15, 0.2) is 0 Å². The zero-order valence-corrected chi connectivity index (χ0v) is 40.1. The van der Waals surface area contributed by atoms with E-state index in [0.29, 0.717) is 132 Å². The molecule has 356 valence electrons. The topological polar surface area (TPSA) is 111 Å². The van der Waals surface area contributed by atoms with E-state index in [1.54, 1.807) is 0 Å². The van der Waals surface area contributed by atoms with E-state index in [0.717, 1.165) is 26.1 Å². The zero-order chi connectivity index (χ0) is 42.3. The molecule has 0 rings (SSSR count). The number of rotatable bonds is 56. The summed E-state index contributed by atoms with van der Waals surface area (Å²) in [5.41, 5.74) is 0. The molecule has 0 fully saturated rings. The number of unbranched alkanes of at least 4 members (excludes halogenated alkanes) is 20. The van der Waals surface area contributed by atoms with E-state index in [2.05, 4.69) is 13.8 Å². The standard InChI is InChI=1S/C46H96O12Si/c1-3-5-7-9-11-13-15-17-19-21-23-25-47-27-29-49-31-33-51-35-37-53-39-41-55-43-45-57-59-58-46-44-56-42-40-54-38-36-52-34-32-50-30-28-48-26-24-22-20-18-16-14-12-10-8-6-4-2/h3-46,59H2,1-2H3. The summed E-state index contributed by atoms with van der Waals surface area (Å²) in [6.45, 7) is 17.4. The van der Waals surface area contributed by atoms with Crippen LogP contribution in [0.2, 0.25) is 0 Å². The molecule has 0 radical (unpaired) electrons. The minimum absolute atomic E-state index is 0.523. The lowest BCUT2D eigenvalue weighted by molar-refractivity contribution is -0.0145. The van der Waals surface area contributed by atoms with Crippen molar-refractivity contribution in [1.82, 2.24) is 0 Å². The van der Waals surface area contributed by atoms with Gasteiger partial charge in [0.2, 0.25) is 0 Å². The van der Waals surface area contributed by atoms with Crippen LogP contribution in [0.5, 0.6) is 0 Å². The summed E-state index contributed by atoms with van der Waals surface area (Å²) in [5.74, 6) is 0. The van der Waals surface area contributed by atoms with Gasteiger partial charge in [0, 0.05) is 13.2 Å². The molecule has 0 saturated heterocycles. The average Bonchev–Trinajstić information content (AvgIpc) is 3.25. The third-order valence-electron chi connectivity index (χ3n) is 9.67. The van der Waals surface area contributed by atoms with Gasteiger partial charge in [0.1, 0.15) is 0 Å². The second-order valence-corrected chi connectivity index (χ2v) is 16.2. The Kier molecular flexibility index (Phi) is 57.5. The van der Waals surface area contributed by atoms with E-state index in [1.165, 1.54) is 128 Å². The van der Waals surface area contributed by atoms with Crippen molar-refractivity contribution in [2.24, 2.45) is 0 Å². The normalized spacial score (nSPS) is 11.7. The molecular formula is C46H96O12Si. The van der Waals surface area contributed by atoms with Crippen LogP contribution < -0.4 is 0 Å². The minimum atomic E-state index is -1.03. The third-order valence-corrected chi connectivity index (χ3v) is 10.6. The van der Waals surface area contributed by atoms with E-state index in [-0.39, 0.29) is 0 Å². The second kappa shape index (κ2) is 57.7. The average molecular weight is 869 g/mol. The molecule has 12 nitrogen and oxygen atoms in total. The van der Waals surface area contributed by atoms with Crippen LogP contribution in [0.3, 0.4) is 0 Å². The first-order valence-corrected chi connectivity index (χ1v) is 25.5. The molecule has 13 heteroatoms. The van der Waals surface area contributed by atoms with Crippen molar-refractivity contribution in [3.8, 4) is 0 Å². The van der Waals surface area contributed by atoms with Gasteiger partial charge in [-0.3, -0.25) is 0 Å². The fourth-order valence-electron chi connectivity index (χ4n) is 6.11. The molecule has 0 unspecified atom stereocenters. The molecule has 0 aliphatic heterocycles. The van der Waals surface area contributed by atoms with E-state index >= 15 is 0 Å². The Morgan fingerprint density at radius 1 is 0.186 bits per heavy atom. The smallest absolute Gasteiger partial charge is 0.304 e. The van der Waals surface area contributed by atoms with Gasteiger partial charge < -0.3 is 56.2 Å². The lowest BCUT2D eigenvalue weighted by atomic mass is 10.1. The highest BCUT2D eigenvalue weighted by Crippen LogP contribution is 2.12. The molecule has 0 spiro atoms. The Bertz CT molecular complexity index is 659. The molecule has 59 heavy (non-hydrogen) atoms. The monoisotopic (exact) mass is 869 g/mol. The number of hydrogen-bond donors (Lipinski definition) is 0. The van der Waals surface area contributed by atoms with Crippen molar-refractivity contribution >= 4 is 10.0 Å². The van der Waals surface area contributed by atoms with Crippen LogP contribution in [0.4, 0.5) is 0 Å². The SMILES string of the molecule is CCCCCCCCCCCCCOCCOCCOCCOCCOCCO[SiH2]OCCOCCOCCOCCOCCOCCCCCCCCCCCCC. The highest BCUT2D eigenvalue weighted by molar-refractivity contribution is 6.17. The second-order valence-electron chi connectivity index (χ2n) is 15.1. The summed E-state index contributed by atoms with van der Waals surface area (Å²) >= 11 is 0. The van der Waals surface area contributed by atoms with Crippen LogP contribution in [-0.4, -0.2) is 155 Å². The van der Waals surface area contributed by atoms with Crippen molar-refractivity contribution < 1.29 is 56.2 Å². The number of hydrogen-bond acceptors (Lipinski definition) is 12. The van der Waals surface area contributed by atoms with Crippen LogP contribution in [0.1, 0.15) is 155 Å². The predicted molar refractivity (Wildman–Crippen MR) is 242 cm³/mol. The van der Waals surface area contributed by atoms with Crippen molar-refractivity contribution in [2.75, 3.05) is 145 Å². The Morgan fingerprint density at radius 2 is 0.356 bits per heavy atom. The third kappa shape index (κ3) is 57.7. The van der Waals surface area contributed by atoms with Gasteiger partial charge in [-0.25, -0.2) is 0 Å². The van der Waals surface area contributed by atoms with E-state index in [9.17, 15) is 0 Å². The van der Waals surface area contributed by atoms with Crippen molar-refractivity contribution in [3.63, 3.8) is 0 Å². The summed E-state index contributed by atoms with van der Waals surface area (Å²) < 4.78 is 66.8. The van der Waals surface area contributed by atoms with Gasteiger partial charge in [0.05, 0.1) is 132 Å². The molecular weight excluding hydrogens is 773 g/mol. The van der Waals surface area contributed by atoms with Gasteiger partial charge in [-0.1, -0.05) is 142 Å². The molecule has 0 aromatic rings. The molecule has 0 heterocycles. The maximum absolute atomic E-state index is 5.67. The fraction of sp³-hybridized carbons (Fsp3) is 1.00. The molecule has 0 aromatic heterocycles. The van der Waals surface area contributed by atoms with Crippen molar-refractivity contribution in [3.05, 3.63) is 0 Å². The Hall–Kier alpha value is -0.263. The van der Waals surface area contributed by atoms with Gasteiger partial charge >= 0.3 is 10.0 Å². The molecule has 0 N–H and O–H groups in total. The fourth-order valence-corrected chi connectivity index (χ4v) is 6.70. The molecule has 0 amide bonds. The molecule has 0 atom stereocenters. The Morgan fingerprint density at radius 3 is 0.576 bits per heavy atom. The largest absolute Gasteiger partial charge is 0.396 e. The quantitative estimate of drug-likeness (QED) is 0.0431. The van der Waals surface area contributed by atoms with E-state index in [4.69, 9.17) is 56.2 Å².